The zero-order chi connectivity index (χ0) is 18.1. The third-order valence-electron chi connectivity index (χ3n) is 3.13. The number of benzene rings is 2. The Bertz CT molecular complexity index is 902. The number of nitrogens with zero attached hydrogens (tertiary/aromatic N) is 1. The van der Waals surface area contributed by atoms with Gasteiger partial charge in [-0.3, -0.25) is 4.79 Å². The van der Waals surface area contributed by atoms with Crippen molar-refractivity contribution >= 4 is 44.8 Å². The van der Waals surface area contributed by atoms with Crippen LogP contribution in [0.3, 0.4) is 0 Å². The molecule has 0 heterocycles. The molecule has 0 spiro atoms. The van der Waals surface area contributed by atoms with E-state index in [4.69, 9.17) is 23.2 Å². The summed E-state index contributed by atoms with van der Waals surface area (Å²) in [7, 11) is -1.13. The predicted molar refractivity (Wildman–Crippen MR) is 91.7 cm³/mol. The minimum atomic E-state index is -3.83. The summed E-state index contributed by atoms with van der Waals surface area (Å²) in [5.41, 5.74) is -0.0985. The van der Waals surface area contributed by atoms with Crippen molar-refractivity contribution in [2.45, 2.75) is 4.90 Å². The topological polar surface area (TPSA) is 66.5 Å². The molecule has 0 aliphatic carbocycles. The van der Waals surface area contributed by atoms with Gasteiger partial charge in [0.2, 0.25) is 10.0 Å². The van der Waals surface area contributed by atoms with Crippen LogP contribution in [0.25, 0.3) is 0 Å². The van der Waals surface area contributed by atoms with Gasteiger partial charge in [0.25, 0.3) is 5.91 Å². The van der Waals surface area contributed by atoms with Crippen LogP contribution in [-0.4, -0.2) is 32.7 Å². The standard InChI is InChI=1S/C15H13Cl2FN2O3S/c1-20(2)24(22,23)14-7-9(3-5-11(14)17)15(21)19-13-8-10(16)4-6-12(13)18/h3-8H,1-2H3,(H,19,21). The second kappa shape index (κ2) is 7.06. The van der Waals surface area contributed by atoms with Crippen molar-refractivity contribution in [2.24, 2.45) is 0 Å². The van der Waals surface area contributed by atoms with Gasteiger partial charge in [0.15, 0.2) is 0 Å². The molecule has 0 unspecified atom stereocenters. The highest BCUT2D eigenvalue weighted by Crippen LogP contribution is 2.26. The van der Waals surface area contributed by atoms with Gasteiger partial charge in [-0.15, -0.1) is 0 Å². The van der Waals surface area contributed by atoms with E-state index >= 15 is 0 Å². The summed E-state index contributed by atoms with van der Waals surface area (Å²) in [5.74, 6) is -1.36. The Hall–Kier alpha value is -1.67. The summed E-state index contributed by atoms with van der Waals surface area (Å²) < 4.78 is 39.1. The Morgan fingerprint density at radius 3 is 2.42 bits per heavy atom. The fourth-order valence-corrected chi connectivity index (χ4v) is 3.39. The highest BCUT2D eigenvalue weighted by molar-refractivity contribution is 7.89. The van der Waals surface area contributed by atoms with Gasteiger partial charge in [-0.1, -0.05) is 23.2 Å². The molecule has 9 heteroatoms. The van der Waals surface area contributed by atoms with Crippen LogP contribution in [0.2, 0.25) is 10.0 Å². The minimum Gasteiger partial charge on any atom is -0.319 e. The molecule has 0 aliphatic rings. The number of rotatable bonds is 4. The van der Waals surface area contributed by atoms with Crippen LogP contribution in [0, 0.1) is 5.82 Å². The second-order valence-electron chi connectivity index (χ2n) is 5.01. The number of sulfonamides is 1. The third kappa shape index (κ3) is 3.87. The number of nitrogens with one attached hydrogen (secondary N) is 1. The maximum Gasteiger partial charge on any atom is 0.255 e. The predicted octanol–water partition coefficient (Wildman–Crippen LogP) is 3.64. The van der Waals surface area contributed by atoms with E-state index < -0.39 is 21.7 Å². The largest absolute Gasteiger partial charge is 0.319 e. The summed E-state index contributed by atoms with van der Waals surface area (Å²) in [5, 5.41) is 2.57. The molecule has 0 fully saturated rings. The lowest BCUT2D eigenvalue weighted by atomic mass is 10.2. The number of hydrogen-bond acceptors (Lipinski definition) is 3. The zero-order valence-electron chi connectivity index (χ0n) is 12.7. The van der Waals surface area contributed by atoms with Gasteiger partial charge in [0.1, 0.15) is 10.7 Å². The Labute approximate surface area is 149 Å². The highest BCUT2D eigenvalue weighted by atomic mass is 35.5. The molecule has 24 heavy (non-hydrogen) atoms. The smallest absolute Gasteiger partial charge is 0.255 e. The van der Waals surface area contributed by atoms with E-state index in [9.17, 15) is 17.6 Å². The molecule has 0 atom stereocenters. The minimum absolute atomic E-state index is 0.0131. The van der Waals surface area contributed by atoms with Crippen LogP contribution in [-0.2, 0) is 10.0 Å². The van der Waals surface area contributed by atoms with E-state index in [1.54, 1.807) is 0 Å². The van der Waals surface area contributed by atoms with Crippen LogP contribution >= 0.6 is 23.2 Å². The van der Waals surface area contributed by atoms with E-state index in [-0.39, 0.29) is 26.2 Å². The molecule has 0 aliphatic heterocycles. The maximum atomic E-state index is 13.7. The first-order chi connectivity index (χ1) is 11.1. The highest BCUT2D eigenvalue weighted by Gasteiger charge is 2.22. The van der Waals surface area contributed by atoms with Crippen molar-refractivity contribution in [3.05, 3.63) is 57.8 Å². The second-order valence-corrected chi connectivity index (χ2v) is 7.97. The van der Waals surface area contributed by atoms with E-state index in [2.05, 4.69) is 5.32 Å². The summed E-state index contributed by atoms with van der Waals surface area (Å²) in [6.07, 6.45) is 0. The lowest BCUT2D eigenvalue weighted by Gasteiger charge is -2.14. The van der Waals surface area contributed by atoms with Crippen LogP contribution in [0.5, 0.6) is 0 Å². The maximum absolute atomic E-state index is 13.7. The van der Waals surface area contributed by atoms with Crippen LogP contribution in [0.4, 0.5) is 10.1 Å². The lowest BCUT2D eigenvalue weighted by Crippen LogP contribution is -2.23. The van der Waals surface area contributed by atoms with Crippen LogP contribution in [0.15, 0.2) is 41.3 Å². The average molecular weight is 391 g/mol. The van der Waals surface area contributed by atoms with Gasteiger partial charge in [-0.25, -0.2) is 17.1 Å². The van der Waals surface area contributed by atoms with Crippen LogP contribution < -0.4 is 5.32 Å². The third-order valence-corrected chi connectivity index (χ3v) is 5.66. The van der Waals surface area contributed by atoms with E-state index in [1.165, 1.54) is 38.4 Å². The first-order valence-electron chi connectivity index (χ1n) is 6.61. The van der Waals surface area contributed by atoms with Gasteiger partial charge in [-0.2, -0.15) is 0 Å². The van der Waals surface area contributed by atoms with Gasteiger partial charge in [0.05, 0.1) is 10.7 Å². The average Bonchev–Trinajstić information content (AvgIpc) is 2.50. The number of hydrogen-bond donors (Lipinski definition) is 1. The molecular weight excluding hydrogens is 378 g/mol. The van der Waals surface area contributed by atoms with Gasteiger partial charge in [-0.05, 0) is 36.4 Å². The lowest BCUT2D eigenvalue weighted by molar-refractivity contribution is 0.102. The monoisotopic (exact) mass is 390 g/mol. The molecule has 1 amide bonds. The normalized spacial score (nSPS) is 11.6. The number of halogens is 3. The van der Waals surface area contributed by atoms with Crippen molar-refractivity contribution in [3.63, 3.8) is 0 Å². The Morgan fingerprint density at radius 1 is 1.12 bits per heavy atom. The molecule has 1 N–H and O–H groups in total. The number of carbonyl (C=O) groups is 1. The van der Waals surface area contributed by atoms with Gasteiger partial charge >= 0.3 is 0 Å². The first kappa shape index (κ1) is 18.7. The van der Waals surface area contributed by atoms with Crippen molar-refractivity contribution in [1.29, 1.82) is 0 Å². The first-order valence-corrected chi connectivity index (χ1v) is 8.81. The fourth-order valence-electron chi connectivity index (χ4n) is 1.83. The fraction of sp³-hybridized carbons (Fsp3) is 0.133. The SMILES string of the molecule is CN(C)S(=O)(=O)c1cc(C(=O)Nc2cc(Cl)ccc2F)ccc1Cl. The van der Waals surface area contributed by atoms with E-state index in [0.717, 1.165) is 16.4 Å². The Kier molecular flexibility index (Phi) is 5.49. The molecule has 2 rings (SSSR count). The Morgan fingerprint density at radius 2 is 1.79 bits per heavy atom. The van der Waals surface area contributed by atoms with Crippen molar-refractivity contribution in [1.82, 2.24) is 4.31 Å². The van der Waals surface area contributed by atoms with Crippen LogP contribution in [0.1, 0.15) is 10.4 Å². The number of amides is 1. The summed E-state index contributed by atoms with van der Waals surface area (Å²) in [6.45, 7) is 0. The molecule has 0 radical (unpaired) electrons. The van der Waals surface area contributed by atoms with E-state index in [0.29, 0.717) is 0 Å². The molecule has 0 aromatic heterocycles. The Balaban J connectivity index is 2.39. The molecule has 0 saturated heterocycles. The molecule has 0 saturated carbocycles. The van der Waals surface area contributed by atoms with Crippen molar-refractivity contribution in [2.75, 3.05) is 19.4 Å². The van der Waals surface area contributed by atoms with Crippen molar-refractivity contribution in [3.8, 4) is 0 Å². The summed E-state index contributed by atoms with van der Waals surface area (Å²) in [4.78, 5) is 12.1. The van der Waals surface area contributed by atoms with Gasteiger partial charge < -0.3 is 5.32 Å². The molecule has 5 nitrogen and oxygen atoms in total. The molecule has 2 aromatic rings. The van der Waals surface area contributed by atoms with Gasteiger partial charge in [0, 0.05) is 24.7 Å². The molecule has 128 valence electrons. The molecule has 0 bridgehead atoms. The summed E-state index contributed by atoms with van der Waals surface area (Å²) in [6, 6.07) is 7.48. The quantitative estimate of drug-likeness (QED) is 0.866. The zero-order valence-corrected chi connectivity index (χ0v) is 15.0. The van der Waals surface area contributed by atoms with E-state index in [1.807, 2.05) is 0 Å². The van der Waals surface area contributed by atoms with Crippen molar-refractivity contribution < 1.29 is 17.6 Å². The number of carbonyl (C=O) groups excluding carboxylic acids is 1. The molecule has 2 aromatic carbocycles. The molecular formula is C15H13Cl2FN2O3S. The number of anilines is 1. The summed E-state index contributed by atoms with van der Waals surface area (Å²) >= 11 is 11.7.